The highest BCUT2D eigenvalue weighted by molar-refractivity contribution is 6.30. The summed E-state index contributed by atoms with van der Waals surface area (Å²) in [5.74, 6) is 0.675. The van der Waals surface area contributed by atoms with Crippen LogP contribution in [0.15, 0.2) is 29.3 Å². The van der Waals surface area contributed by atoms with Crippen molar-refractivity contribution in [2.75, 3.05) is 6.54 Å². The maximum absolute atomic E-state index is 5.85. The highest BCUT2D eigenvalue weighted by atomic mass is 35.5. The van der Waals surface area contributed by atoms with Crippen molar-refractivity contribution in [3.63, 3.8) is 0 Å². The molecule has 0 radical (unpaired) electrons. The van der Waals surface area contributed by atoms with Gasteiger partial charge in [0.15, 0.2) is 0 Å². The van der Waals surface area contributed by atoms with Crippen LogP contribution in [0.3, 0.4) is 0 Å². The fourth-order valence-corrected chi connectivity index (χ4v) is 1.38. The van der Waals surface area contributed by atoms with Gasteiger partial charge in [-0.1, -0.05) is 30.7 Å². The molecular formula is C11H15ClN2. The van der Waals surface area contributed by atoms with Gasteiger partial charge in [-0.25, -0.2) is 0 Å². The predicted molar refractivity (Wildman–Crippen MR) is 61.9 cm³/mol. The minimum absolute atomic E-state index is 0.675. The molecule has 0 aliphatic rings. The van der Waals surface area contributed by atoms with E-state index >= 15 is 0 Å². The third kappa shape index (κ3) is 3.79. The van der Waals surface area contributed by atoms with Crippen molar-refractivity contribution in [3.05, 3.63) is 34.9 Å². The molecule has 3 heteroatoms. The molecule has 1 rings (SSSR count). The largest absolute Gasteiger partial charge is 0.387 e. The zero-order chi connectivity index (χ0) is 10.4. The average Bonchev–Trinajstić information content (AvgIpc) is 2.15. The first-order chi connectivity index (χ1) is 6.72. The molecule has 76 valence electrons. The van der Waals surface area contributed by atoms with Gasteiger partial charge in [0.2, 0.25) is 0 Å². The lowest BCUT2D eigenvalue weighted by molar-refractivity contribution is 0.924. The Morgan fingerprint density at radius 1 is 1.50 bits per heavy atom. The lowest BCUT2D eigenvalue weighted by atomic mass is 10.1. The van der Waals surface area contributed by atoms with E-state index in [9.17, 15) is 0 Å². The van der Waals surface area contributed by atoms with Crippen LogP contribution >= 0.6 is 11.6 Å². The van der Waals surface area contributed by atoms with Gasteiger partial charge in [-0.2, -0.15) is 0 Å². The van der Waals surface area contributed by atoms with Gasteiger partial charge in [0.1, 0.15) is 0 Å². The van der Waals surface area contributed by atoms with E-state index in [4.69, 9.17) is 17.3 Å². The molecule has 0 bridgehead atoms. The standard InChI is InChI=1S/C11H15ClN2/c1-2-6-14-11(13)8-9-4-3-5-10(12)7-9/h3-5,7H,2,6,8H2,1H3,(H2,13,14). The Bertz CT molecular complexity index is 321. The zero-order valence-corrected chi connectivity index (χ0v) is 9.09. The number of rotatable bonds is 4. The molecule has 1 aromatic carbocycles. The first-order valence-corrected chi connectivity index (χ1v) is 5.13. The summed E-state index contributed by atoms with van der Waals surface area (Å²) in [5, 5.41) is 0.741. The second kappa shape index (κ2) is 5.66. The Kier molecular flexibility index (Phi) is 4.47. The normalized spacial score (nSPS) is 11.7. The van der Waals surface area contributed by atoms with Crippen molar-refractivity contribution < 1.29 is 0 Å². The molecule has 2 N–H and O–H groups in total. The van der Waals surface area contributed by atoms with Gasteiger partial charge in [-0.05, 0) is 24.1 Å². The first kappa shape index (κ1) is 11.1. The lowest BCUT2D eigenvalue weighted by Crippen LogP contribution is -2.15. The number of aliphatic imine (C=N–C) groups is 1. The second-order valence-corrected chi connectivity index (χ2v) is 3.62. The number of nitrogens with two attached hydrogens (primary N) is 1. The van der Waals surface area contributed by atoms with Crippen LogP contribution in [0.5, 0.6) is 0 Å². The summed E-state index contributed by atoms with van der Waals surface area (Å²) in [6.45, 7) is 2.88. The number of nitrogens with zero attached hydrogens (tertiary/aromatic N) is 1. The van der Waals surface area contributed by atoms with Gasteiger partial charge in [-0.3, -0.25) is 4.99 Å². The van der Waals surface area contributed by atoms with E-state index in [1.807, 2.05) is 24.3 Å². The summed E-state index contributed by atoms with van der Waals surface area (Å²) < 4.78 is 0. The molecule has 0 aliphatic heterocycles. The Hall–Kier alpha value is -1.02. The van der Waals surface area contributed by atoms with E-state index in [1.165, 1.54) is 0 Å². The highest BCUT2D eigenvalue weighted by Crippen LogP contribution is 2.10. The fraction of sp³-hybridized carbons (Fsp3) is 0.364. The molecule has 0 saturated carbocycles. The number of hydrogen-bond acceptors (Lipinski definition) is 1. The van der Waals surface area contributed by atoms with E-state index in [0.29, 0.717) is 12.3 Å². The van der Waals surface area contributed by atoms with Crippen molar-refractivity contribution in [2.24, 2.45) is 10.7 Å². The van der Waals surface area contributed by atoms with Crippen LogP contribution < -0.4 is 5.73 Å². The maximum Gasteiger partial charge on any atom is 0.0981 e. The first-order valence-electron chi connectivity index (χ1n) is 4.75. The van der Waals surface area contributed by atoms with Gasteiger partial charge in [0.25, 0.3) is 0 Å². The summed E-state index contributed by atoms with van der Waals surface area (Å²) >= 11 is 5.85. The van der Waals surface area contributed by atoms with Crippen molar-refractivity contribution >= 4 is 17.4 Å². The van der Waals surface area contributed by atoms with Crippen LogP contribution in [0.1, 0.15) is 18.9 Å². The number of amidine groups is 1. The molecule has 0 atom stereocenters. The third-order valence-electron chi connectivity index (χ3n) is 1.81. The van der Waals surface area contributed by atoms with E-state index in [2.05, 4.69) is 11.9 Å². The monoisotopic (exact) mass is 210 g/mol. The molecule has 0 amide bonds. The summed E-state index contributed by atoms with van der Waals surface area (Å²) in [6, 6.07) is 7.69. The Labute approximate surface area is 89.8 Å². The molecule has 0 heterocycles. The van der Waals surface area contributed by atoms with Gasteiger partial charge in [-0.15, -0.1) is 0 Å². The van der Waals surface area contributed by atoms with E-state index in [0.717, 1.165) is 23.6 Å². The Morgan fingerprint density at radius 2 is 2.29 bits per heavy atom. The second-order valence-electron chi connectivity index (χ2n) is 3.18. The van der Waals surface area contributed by atoms with Crippen LogP contribution in [-0.4, -0.2) is 12.4 Å². The molecule has 14 heavy (non-hydrogen) atoms. The molecule has 0 unspecified atom stereocenters. The van der Waals surface area contributed by atoms with E-state index in [-0.39, 0.29) is 0 Å². The molecular weight excluding hydrogens is 196 g/mol. The summed E-state index contributed by atoms with van der Waals surface area (Å²) in [4.78, 5) is 4.22. The summed E-state index contributed by atoms with van der Waals surface area (Å²) in [6.07, 6.45) is 1.71. The minimum Gasteiger partial charge on any atom is -0.387 e. The van der Waals surface area contributed by atoms with Crippen molar-refractivity contribution in [3.8, 4) is 0 Å². The minimum atomic E-state index is 0.675. The fourth-order valence-electron chi connectivity index (χ4n) is 1.17. The molecule has 0 aliphatic carbocycles. The van der Waals surface area contributed by atoms with Crippen LogP contribution in [0, 0.1) is 0 Å². The smallest absolute Gasteiger partial charge is 0.0981 e. The van der Waals surface area contributed by atoms with Crippen molar-refractivity contribution in [2.45, 2.75) is 19.8 Å². The highest BCUT2D eigenvalue weighted by Gasteiger charge is 1.97. The SMILES string of the molecule is CCCN=C(N)Cc1cccc(Cl)c1. The molecule has 1 aromatic rings. The van der Waals surface area contributed by atoms with Gasteiger partial charge in [0, 0.05) is 18.0 Å². The number of halogens is 1. The molecule has 0 fully saturated rings. The number of hydrogen-bond donors (Lipinski definition) is 1. The van der Waals surface area contributed by atoms with E-state index in [1.54, 1.807) is 0 Å². The van der Waals surface area contributed by atoms with Gasteiger partial charge < -0.3 is 5.73 Å². The summed E-state index contributed by atoms with van der Waals surface area (Å²) in [5.41, 5.74) is 6.86. The molecule has 2 nitrogen and oxygen atoms in total. The lowest BCUT2D eigenvalue weighted by Gasteiger charge is -2.01. The molecule has 0 saturated heterocycles. The Morgan fingerprint density at radius 3 is 2.93 bits per heavy atom. The van der Waals surface area contributed by atoms with Crippen LogP contribution in [-0.2, 0) is 6.42 Å². The van der Waals surface area contributed by atoms with Crippen LogP contribution in [0.4, 0.5) is 0 Å². The van der Waals surface area contributed by atoms with Gasteiger partial charge in [0.05, 0.1) is 5.84 Å². The molecule has 0 aromatic heterocycles. The zero-order valence-electron chi connectivity index (χ0n) is 8.33. The topological polar surface area (TPSA) is 38.4 Å². The molecule has 0 spiro atoms. The third-order valence-corrected chi connectivity index (χ3v) is 2.05. The maximum atomic E-state index is 5.85. The van der Waals surface area contributed by atoms with Crippen molar-refractivity contribution in [1.29, 1.82) is 0 Å². The summed E-state index contributed by atoms with van der Waals surface area (Å²) in [7, 11) is 0. The van der Waals surface area contributed by atoms with Crippen LogP contribution in [0.25, 0.3) is 0 Å². The van der Waals surface area contributed by atoms with Gasteiger partial charge >= 0.3 is 0 Å². The Balaban J connectivity index is 2.60. The van der Waals surface area contributed by atoms with Crippen molar-refractivity contribution in [1.82, 2.24) is 0 Å². The quantitative estimate of drug-likeness (QED) is 0.602. The number of benzene rings is 1. The van der Waals surface area contributed by atoms with E-state index < -0.39 is 0 Å². The van der Waals surface area contributed by atoms with Crippen LogP contribution in [0.2, 0.25) is 5.02 Å². The predicted octanol–water partition coefficient (Wildman–Crippen LogP) is 2.65. The average molecular weight is 211 g/mol.